The van der Waals surface area contributed by atoms with Crippen LogP contribution in [0.25, 0.3) is 0 Å². The second-order valence-electron chi connectivity index (χ2n) is 6.71. The van der Waals surface area contributed by atoms with Gasteiger partial charge in [0, 0.05) is 31.9 Å². The van der Waals surface area contributed by atoms with Crippen LogP contribution >= 0.6 is 0 Å². The first-order valence-corrected chi connectivity index (χ1v) is 8.99. The van der Waals surface area contributed by atoms with Crippen LogP contribution in [0, 0.1) is 0 Å². The Morgan fingerprint density at radius 2 is 2.33 bits per heavy atom. The number of aromatic nitrogens is 1. The molecular weight excluding hydrogens is 306 g/mol. The molecule has 6 heteroatoms. The molecular formula is C18H27N3O3. The monoisotopic (exact) mass is 333 g/mol. The van der Waals surface area contributed by atoms with E-state index in [0.717, 1.165) is 69.9 Å². The van der Waals surface area contributed by atoms with Gasteiger partial charge in [0.15, 0.2) is 0 Å². The Morgan fingerprint density at radius 3 is 3.21 bits per heavy atom. The number of nitrogens with zero attached hydrogens (tertiary/aromatic N) is 2. The average molecular weight is 333 g/mol. The van der Waals surface area contributed by atoms with Gasteiger partial charge in [0.25, 0.3) is 0 Å². The van der Waals surface area contributed by atoms with Crippen molar-refractivity contribution < 1.29 is 14.6 Å². The maximum atomic E-state index is 10.7. The van der Waals surface area contributed by atoms with E-state index < -0.39 is 5.97 Å². The molecule has 1 fully saturated rings. The fourth-order valence-electron chi connectivity index (χ4n) is 3.43. The molecule has 0 saturated carbocycles. The Labute approximate surface area is 143 Å². The van der Waals surface area contributed by atoms with Gasteiger partial charge in [-0.2, -0.15) is 0 Å². The summed E-state index contributed by atoms with van der Waals surface area (Å²) in [6.45, 7) is 3.46. The minimum absolute atomic E-state index is 0.123. The number of ether oxygens (including phenoxy) is 1. The highest BCUT2D eigenvalue weighted by Crippen LogP contribution is 2.20. The van der Waals surface area contributed by atoms with E-state index in [9.17, 15) is 4.79 Å². The summed E-state index contributed by atoms with van der Waals surface area (Å²) in [5.74, 6) is 0.308. The summed E-state index contributed by atoms with van der Waals surface area (Å²) in [7, 11) is 0. The third kappa shape index (κ3) is 4.92. The molecule has 2 N–H and O–H groups in total. The van der Waals surface area contributed by atoms with Crippen LogP contribution in [0.1, 0.15) is 36.9 Å². The Balaban J connectivity index is 1.31. The largest absolute Gasteiger partial charge is 0.480 e. The zero-order valence-electron chi connectivity index (χ0n) is 14.2. The highest BCUT2D eigenvalue weighted by atomic mass is 16.5. The number of rotatable bonds is 8. The van der Waals surface area contributed by atoms with Gasteiger partial charge in [0.1, 0.15) is 5.82 Å². The highest BCUT2D eigenvalue weighted by molar-refractivity contribution is 5.69. The third-order valence-corrected chi connectivity index (χ3v) is 4.72. The number of anilines is 1. The van der Waals surface area contributed by atoms with Crippen molar-refractivity contribution in [3.63, 3.8) is 0 Å². The molecule has 1 aromatic heterocycles. The maximum Gasteiger partial charge on any atom is 0.317 e. The van der Waals surface area contributed by atoms with Crippen molar-refractivity contribution >= 4 is 11.8 Å². The van der Waals surface area contributed by atoms with Crippen molar-refractivity contribution in [1.29, 1.82) is 0 Å². The Hall–Kier alpha value is -1.66. The average Bonchev–Trinajstić information content (AvgIpc) is 3.01. The zero-order chi connectivity index (χ0) is 16.8. The minimum Gasteiger partial charge on any atom is -0.480 e. The maximum absolute atomic E-state index is 10.7. The van der Waals surface area contributed by atoms with Crippen LogP contribution in [0.2, 0.25) is 0 Å². The summed E-state index contributed by atoms with van der Waals surface area (Å²) in [5.41, 5.74) is 2.48. The number of carbonyl (C=O) groups is 1. The van der Waals surface area contributed by atoms with Crippen molar-refractivity contribution in [2.75, 3.05) is 38.1 Å². The molecule has 0 bridgehead atoms. The molecule has 0 amide bonds. The summed E-state index contributed by atoms with van der Waals surface area (Å²) in [4.78, 5) is 17.3. The normalized spacial score (nSPS) is 20.6. The number of unbranched alkanes of at least 4 members (excludes halogenated alkanes) is 1. The summed E-state index contributed by atoms with van der Waals surface area (Å²) in [6, 6.07) is 4.35. The smallest absolute Gasteiger partial charge is 0.317 e. The molecule has 132 valence electrons. The van der Waals surface area contributed by atoms with Gasteiger partial charge in [-0.15, -0.1) is 0 Å². The second-order valence-corrected chi connectivity index (χ2v) is 6.71. The van der Waals surface area contributed by atoms with Crippen molar-refractivity contribution in [3.05, 3.63) is 23.4 Å². The SMILES string of the molecule is O=C(O)CN1CC[C@@H](OCCCCc2ccc3c(n2)NCCC3)C1. The van der Waals surface area contributed by atoms with E-state index in [2.05, 4.69) is 17.4 Å². The van der Waals surface area contributed by atoms with E-state index in [-0.39, 0.29) is 12.6 Å². The number of aliphatic carboxylic acids is 1. The van der Waals surface area contributed by atoms with E-state index in [0.29, 0.717) is 0 Å². The molecule has 0 radical (unpaired) electrons. The van der Waals surface area contributed by atoms with Crippen molar-refractivity contribution in [2.24, 2.45) is 0 Å². The van der Waals surface area contributed by atoms with Crippen LogP contribution in [0.5, 0.6) is 0 Å². The fraction of sp³-hybridized carbons (Fsp3) is 0.667. The molecule has 3 heterocycles. The fourth-order valence-corrected chi connectivity index (χ4v) is 3.43. The standard InChI is InChI=1S/C18H27N3O3/c22-17(23)13-21-10-8-16(12-21)24-11-2-1-5-15-7-6-14-4-3-9-19-18(14)20-15/h6-7,16H,1-5,8-13H2,(H,19,20)(H,22,23)/t16-/m1/s1. The van der Waals surface area contributed by atoms with Gasteiger partial charge < -0.3 is 15.2 Å². The predicted octanol–water partition coefficient (Wildman–Crippen LogP) is 1.94. The minimum atomic E-state index is -0.761. The quantitative estimate of drug-likeness (QED) is 0.708. The molecule has 0 aliphatic carbocycles. The summed E-state index contributed by atoms with van der Waals surface area (Å²) in [6.07, 6.45) is 6.51. The lowest BCUT2D eigenvalue weighted by atomic mass is 10.1. The predicted molar refractivity (Wildman–Crippen MR) is 92.4 cm³/mol. The van der Waals surface area contributed by atoms with E-state index in [1.54, 1.807) is 0 Å². The Bertz CT molecular complexity index is 564. The molecule has 2 aliphatic heterocycles. The molecule has 1 atom stereocenters. The zero-order valence-corrected chi connectivity index (χ0v) is 14.2. The number of aryl methyl sites for hydroxylation is 2. The highest BCUT2D eigenvalue weighted by Gasteiger charge is 2.24. The van der Waals surface area contributed by atoms with Gasteiger partial charge in [-0.05, 0) is 50.2 Å². The van der Waals surface area contributed by atoms with E-state index >= 15 is 0 Å². The molecule has 2 aliphatic rings. The number of nitrogens with one attached hydrogen (secondary N) is 1. The lowest BCUT2D eigenvalue weighted by Gasteiger charge is -2.17. The van der Waals surface area contributed by atoms with Gasteiger partial charge in [-0.3, -0.25) is 9.69 Å². The van der Waals surface area contributed by atoms with E-state index in [4.69, 9.17) is 14.8 Å². The first-order chi connectivity index (χ1) is 11.7. The van der Waals surface area contributed by atoms with E-state index in [1.165, 1.54) is 12.0 Å². The number of hydrogen-bond acceptors (Lipinski definition) is 5. The molecule has 1 aromatic rings. The first-order valence-electron chi connectivity index (χ1n) is 8.99. The lowest BCUT2D eigenvalue weighted by Crippen LogP contribution is -2.29. The van der Waals surface area contributed by atoms with Crippen LogP contribution in [0.3, 0.4) is 0 Å². The first kappa shape index (κ1) is 17.2. The Kier molecular flexibility index (Phi) is 6.04. The van der Waals surface area contributed by atoms with Crippen LogP contribution in [0.4, 0.5) is 5.82 Å². The lowest BCUT2D eigenvalue weighted by molar-refractivity contribution is -0.138. The van der Waals surface area contributed by atoms with Gasteiger partial charge in [0.2, 0.25) is 0 Å². The van der Waals surface area contributed by atoms with Gasteiger partial charge >= 0.3 is 5.97 Å². The number of fused-ring (bicyclic) bond motifs is 1. The number of likely N-dealkylation sites (tertiary alicyclic amines) is 1. The van der Waals surface area contributed by atoms with Crippen molar-refractivity contribution in [2.45, 2.75) is 44.6 Å². The molecule has 6 nitrogen and oxygen atoms in total. The topological polar surface area (TPSA) is 74.7 Å². The molecule has 1 saturated heterocycles. The molecule has 3 rings (SSSR count). The van der Waals surface area contributed by atoms with Crippen LogP contribution < -0.4 is 5.32 Å². The van der Waals surface area contributed by atoms with Crippen molar-refractivity contribution in [1.82, 2.24) is 9.88 Å². The third-order valence-electron chi connectivity index (χ3n) is 4.72. The van der Waals surface area contributed by atoms with Crippen LogP contribution in [-0.2, 0) is 22.4 Å². The van der Waals surface area contributed by atoms with Crippen molar-refractivity contribution in [3.8, 4) is 0 Å². The molecule has 0 unspecified atom stereocenters. The molecule has 0 aromatic carbocycles. The summed E-state index contributed by atoms with van der Waals surface area (Å²) < 4.78 is 5.88. The molecule has 0 spiro atoms. The summed E-state index contributed by atoms with van der Waals surface area (Å²) in [5, 5.41) is 12.2. The Morgan fingerprint density at radius 1 is 1.42 bits per heavy atom. The van der Waals surface area contributed by atoms with Gasteiger partial charge in [-0.25, -0.2) is 4.98 Å². The number of carboxylic acids is 1. The number of carboxylic acid groups (broad SMARTS) is 1. The van der Waals surface area contributed by atoms with Gasteiger partial charge in [0.05, 0.1) is 12.6 Å². The van der Waals surface area contributed by atoms with E-state index in [1.807, 2.05) is 4.90 Å². The van der Waals surface area contributed by atoms with Crippen LogP contribution in [-0.4, -0.2) is 59.8 Å². The second kappa shape index (κ2) is 8.44. The summed E-state index contributed by atoms with van der Waals surface area (Å²) >= 11 is 0. The number of hydrogen-bond donors (Lipinski definition) is 2. The van der Waals surface area contributed by atoms with Crippen LogP contribution in [0.15, 0.2) is 12.1 Å². The van der Waals surface area contributed by atoms with Gasteiger partial charge in [-0.1, -0.05) is 6.07 Å². The molecule has 24 heavy (non-hydrogen) atoms. The number of pyridine rings is 1.